The van der Waals surface area contributed by atoms with E-state index in [1.54, 1.807) is 12.4 Å². The molecule has 0 bridgehead atoms. The Morgan fingerprint density at radius 3 is 2.93 bits per heavy atom. The summed E-state index contributed by atoms with van der Waals surface area (Å²) >= 11 is 0. The highest BCUT2D eigenvalue weighted by Crippen LogP contribution is 1.95. The third kappa shape index (κ3) is 4.36. The van der Waals surface area contributed by atoms with Crippen molar-refractivity contribution < 1.29 is 0 Å². The molecule has 72 valence electrons. The summed E-state index contributed by atoms with van der Waals surface area (Å²) in [5.41, 5.74) is 0.963. The molecular weight excluding hydrogens is 172 g/mol. The smallest absolute Gasteiger partial charge is 0.0629 e. The maximum atomic E-state index is 4.16. The van der Waals surface area contributed by atoms with Crippen molar-refractivity contribution in [2.75, 3.05) is 6.54 Å². The van der Waals surface area contributed by atoms with Gasteiger partial charge < -0.3 is 0 Å². The van der Waals surface area contributed by atoms with E-state index in [0.717, 1.165) is 12.2 Å². The van der Waals surface area contributed by atoms with Gasteiger partial charge in [0, 0.05) is 19.0 Å². The van der Waals surface area contributed by atoms with Gasteiger partial charge in [0.2, 0.25) is 0 Å². The van der Waals surface area contributed by atoms with Crippen molar-refractivity contribution in [3.8, 4) is 0 Å². The van der Waals surface area contributed by atoms with Crippen molar-refractivity contribution in [1.29, 1.82) is 0 Å². The molecule has 1 rings (SSSR count). The SMILES string of the molecule is CC/N=C/C=C\C=C\c1ccccn1. The summed E-state index contributed by atoms with van der Waals surface area (Å²) in [5.74, 6) is 0. The largest absolute Gasteiger partial charge is 0.293 e. The molecule has 1 aromatic heterocycles. The average Bonchev–Trinajstić information content (AvgIpc) is 2.25. The second-order valence-corrected chi connectivity index (χ2v) is 2.65. The minimum Gasteiger partial charge on any atom is -0.293 e. The zero-order valence-electron chi connectivity index (χ0n) is 8.30. The van der Waals surface area contributed by atoms with E-state index >= 15 is 0 Å². The summed E-state index contributed by atoms with van der Waals surface area (Å²) in [5, 5.41) is 0. The van der Waals surface area contributed by atoms with E-state index in [-0.39, 0.29) is 0 Å². The first-order chi connectivity index (χ1) is 6.93. The number of aromatic nitrogens is 1. The van der Waals surface area contributed by atoms with E-state index in [0.29, 0.717) is 0 Å². The zero-order chi connectivity index (χ0) is 10.1. The molecule has 0 N–H and O–H groups in total. The Morgan fingerprint density at radius 2 is 2.21 bits per heavy atom. The lowest BCUT2D eigenvalue weighted by molar-refractivity contribution is 1.14. The molecular formula is C12H14N2. The van der Waals surface area contributed by atoms with Gasteiger partial charge in [0.15, 0.2) is 0 Å². The third-order valence-electron chi connectivity index (χ3n) is 1.55. The first-order valence-corrected chi connectivity index (χ1v) is 4.67. The summed E-state index contributed by atoms with van der Waals surface area (Å²) in [6, 6.07) is 5.83. The van der Waals surface area contributed by atoms with E-state index in [1.165, 1.54) is 0 Å². The number of hydrogen-bond donors (Lipinski definition) is 0. The normalized spacial score (nSPS) is 12.1. The molecule has 0 saturated heterocycles. The number of pyridine rings is 1. The molecule has 0 aliphatic heterocycles. The van der Waals surface area contributed by atoms with Crippen LogP contribution in [0.3, 0.4) is 0 Å². The number of rotatable bonds is 4. The van der Waals surface area contributed by atoms with Crippen LogP contribution in [0.5, 0.6) is 0 Å². The molecule has 2 heteroatoms. The van der Waals surface area contributed by atoms with Crippen LogP contribution < -0.4 is 0 Å². The van der Waals surface area contributed by atoms with E-state index in [1.807, 2.05) is 49.4 Å². The molecule has 0 aliphatic carbocycles. The Bertz CT molecular complexity index is 323. The van der Waals surface area contributed by atoms with Gasteiger partial charge in [-0.05, 0) is 31.2 Å². The molecule has 0 fully saturated rings. The Kier molecular flexibility index (Phi) is 5.03. The minimum atomic E-state index is 0.828. The molecule has 0 radical (unpaired) electrons. The second kappa shape index (κ2) is 6.78. The predicted molar refractivity (Wildman–Crippen MR) is 61.4 cm³/mol. The van der Waals surface area contributed by atoms with Crippen molar-refractivity contribution in [2.24, 2.45) is 4.99 Å². The van der Waals surface area contributed by atoms with Crippen LogP contribution in [0.2, 0.25) is 0 Å². The van der Waals surface area contributed by atoms with Crippen molar-refractivity contribution in [3.63, 3.8) is 0 Å². The van der Waals surface area contributed by atoms with E-state index in [4.69, 9.17) is 0 Å². The van der Waals surface area contributed by atoms with Crippen molar-refractivity contribution in [1.82, 2.24) is 4.98 Å². The summed E-state index contributed by atoms with van der Waals surface area (Å²) in [6.45, 7) is 2.84. The highest BCUT2D eigenvalue weighted by atomic mass is 14.7. The highest BCUT2D eigenvalue weighted by Gasteiger charge is 1.80. The Balaban J connectivity index is 2.42. The van der Waals surface area contributed by atoms with Crippen molar-refractivity contribution >= 4 is 12.3 Å². The Hall–Kier alpha value is -1.70. The van der Waals surface area contributed by atoms with Crippen LogP contribution in [0.1, 0.15) is 12.6 Å². The number of allylic oxidation sites excluding steroid dienone is 3. The lowest BCUT2D eigenvalue weighted by atomic mass is 10.3. The fourth-order valence-corrected chi connectivity index (χ4v) is 0.909. The minimum absolute atomic E-state index is 0.828. The van der Waals surface area contributed by atoms with Crippen LogP contribution in [0.15, 0.2) is 47.6 Å². The summed E-state index contributed by atoms with van der Waals surface area (Å²) in [6.07, 6.45) is 11.3. The fraction of sp³-hybridized carbons (Fsp3) is 0.167. The van der Waals surface area contributed by atoms with Crippen LogP contribution in [0.4, 0.5) is 0 Å². The van der Waals surface area contributed by atoms with Gasteiger partial charge in [-0.2, -0.15) is 0 Å². The van der Waals surface area contributed by atoms with Crippen molar-refractivity contribution in [2.45, 2.75) is 6.92 Å². The number of nitrogens with zero attached hydrogens (tertiary/aromatic N) is 2. The average molecular weight is 186 g/mol. The molecule has 1 aromatic rings. The molecule has 0 atom stereocenters. The Morgan fingerprint density at radius 1 is 1.29 bits per heavy atom. The quantitative estimate of drug-likeness (QED) is 0.524. The predicted octanol–water partition coefficient (Wildman–Crippen LogP) is 2.74. The number of aliphatic imine (C=N–C) groups is 1. The van der Waals surface area contributed by atoms with Gasteiger partial charge in [-0.3, -0.25) is 9.98 Å². The molecule has 0 amide bonds. The van der Waals surface area contributed by atoms with Crippen LogP contribution >= 0.6 is 0 Å². The topological polar surface area (TPSA) is 25.2 Å². The van der Waals surface area contributed by atoms with E-state index < -0.39 is 0 Å². The molecule has 2 nitrogen and oxygen atoms in total. The van der Waals surface area contributed by atoms with Crippen LogP contribution in [0, 0.1) is 0 Å². The first-order valence-electron chi connectivity index (χ1n) is 4.67. The van der Waals surface area contributed by atoms with Crippen LogP contribution in [0.25, 0.3) is 6.08 Å². The summed E-state index contributed by atoms with van der Waals surface area (Å²) in [7, 11) is 0. The van der Waals surface area contributed by atoms with Gasteiger partial charge in [-0.1, -0.05) is 18.2 Å². The maximum Gasteiger partial charge on any atom is 0.0629 e. The van der Waals surface area contributed by atoms with Gasteiger partial charge in [0.1, 0.15) is 0 Å². The lowest BCUT2D eigenvalue weighted by Crippen LogP contribution is -1.75. The summed E-state index contributed by atoms with van der Waals surface area (Å²) in [4.78, 5) is 8.21. The van der Waals surface area contributed by atoms with E-state index in [9.17, 15) is 0 Å². The molecule has 0 aromatic carbocycles. The van der Waals surface area contributed by atoms with Crippen molar-refractivity contribution in [3.05, 3.63) is 48.3 Å². The Labute approximate surface area is 84.7 Å². The zero-order valence-corrected chi connectivity index (χ0v) is 8.30. The fourth-order valence-electron chi connectivity index (χ4n) is 0.909. The number of hydrogen-bond acceptors (Lipinski definition) is 2. The lowest BCUT2D eigenvalue weighted by Gasteiger charge is -1.87. The van der Waals surface area contributed by atoms with Crippen LogP contribution in [-0.4, -0.2) is 17.7 Å². The third-order valence-corrected chi connectivity index (χ3v) is 1.55. The highest BCUT2D eigenvalue weighted by molar-refractivity contribution is 5.71. The summed E-state index contributed by atoms with van der Waals surface area (Å²) < 4.78 is 0. The monoisotopic (exact) mass is 186 g/mol. The van der Waals surface area contributed by atoms with Gasteiger partial charge in [0.05, 0.1) is 5.69 Å². The van der Waals surface area contributed by atoms with Gasteiger partial charge >= 0.3 is 0 Å². The molecule has 1 heterocycles. The molecule has 0 unspecified atom stereocenters. The maximum absolute atomic E-state index is 4.16. The standard InChI is InChI=1S/C12H14N2/c1-2-13-10-6-3-4-8-12-9-5-7-11-14-12/h3-11H,2H2,1H3/b6-3-,8-4+,13-10+. The van der Waals surface area contributed by atoms with Gasteiger partial charge in [0.25, 0.3) is 0 Å². The molecule has 14 heavy (non-hydrogen) atoms. The molecule has 0 aliphatic rings. The molecule has 0 spiro atoms. The molecule has 0 saturated carbocycles. The second-order valence-electron chi connectivity index (χ2n) is 2.65. The van der Waals surface area contributed by atoms with Gasteiger partial charge in [-0.15, -0.1) is 0 Å². The van der Waals surface area contributed by atoms with Gasteiger partial charge in [-0.25, -0.2) is 0 Å². The van der Waals surface area contributed by atoms with Crippen LogP contribution in [-0.2, 0) is 0 Å². The first kappa shape index (κ1) is 10.4. The van der Waals surface area contributed by atoms with E-state index in [2.05, 4.69) is 9.98 Å².